The van der Waals surface area contributed by atoms with Gasteiger partial charge in [-0.05, 0) is 360 Å². The van der Waals surface area contributed by atoms with Crippen LogP contribution >= 0.6 is 67.5 Å². The van der Waals surface area contributed by atoms with E-state index in [9.17, 15) is 39.0 Å². The first kappa shape index (κ1) is 118. The van der Waals surface area contributed by atoms with Gasteiger partial charge in [0.2, 0.25) is 0 Å². The standard InChI is InChI=1S/C39H65NO6.C33H56N2O4.C27H46O2.C4H8O2.CH4.5H2S/c1-23(2)33(45-35(42)26(6)40-36(43)46-37(7,8)9)17-12-25(5)30-15-16-31-29-14-13-27-22-28(44-34(41)24(3)4)18-20-38(27,10)32(29)19-21-39(30,31)11;1-19(2)29(39-31(37)22(5)35)13-8-20(3)26-11-12-27-25-10-9-23-18-24(38-30(36)21(4)34)14-16-32(23,6)28(25)15-17-33(26,27)7;1-17(2)25(29)11-6-18(3)22-9-10-23-21-8-7-19-16-20(28)12-14-26(19,4)24(21)13-15-27(22,23)5;1-3(2)4(5)6;;;;;;/h13,23-26,28-33H,12,14-22H2,1-11H3,(H,40,43);9,19-22,24-29H,8,10-18,34-35H2,1-7H3;7,17-18,20-25,28-29H,6,8-16H2,1-5H3;3H,1-2H3,(H,5,6);1H4;5*1H2/t25-,26+,28+,29+,30-,31+,32+,33?,38+,39-;20-,21+,22+,24+,25+,26-,27+,28+,29?,32+,33-;18-,20+,21+,22-,23+,24+,25?,26+,27-;;;;;;;/m111......./s1. The Morgan fingerprint density at radius 2 is 0.762 bits per heavy atom. The lowest BCUT2D eigenvalue weighted by atomic mass is 9.47. The number of carbonyl (C=O) groups excluding carboxylic acids is 5. The molecular weight excluding hydrogens is 1680 g/mol. The number of aliphatic carboxylic acids is 1. The lowest BCUT2D eigenvalue weighted by Gasteiger charge is -2.58. The van der Waals surface area contributed by atoms with E-state index in [1.807, 2.05) is 13.8 Å². The Morgan fingerprint density at radius 1 is 0.429 bits per heavy atom. The number of carboxylic acid groups (broad SMARTS) is 1. The maximum Gasteiger partial charge on any atom is 0.408 e. The van der Waals surface area contributed by atoms with Crippen molar-refractivity contribution in [3.8, 4) is 0 Å². The van der Waals surface area contributed by atoms with Crippen LogP contribution in [0.25, 0.3) is 0 Å². The molecule has 8 N–H and O–H groups in total. The number of allylic oxidation sites excluding steroid dienone is 3. The highest BCUT2D eigenvalue weighted by Gasteiger charge is 2.63. The van der Waals surface area contributed by atoms with Crippen LogP contribution in [-0.2, 0) is 47.7 Å². The molecule has 9 saturated carbocycles. The third-order valence-corrected chi connectivity index (χ3v) is 35.4. The van der Waals surface area contributed by atoms with Crippen LogP contribution in [0.2, 0.25) is 0 Å². The number of nitrogens with two attached hydrogens (primary N) is 2. The van der Waals surface area contributed by atoms with Gasteiger partial charge in [0.05, 0.1) is 24.0 Å². The minimum absolute atomic E-state index is 0. The van der Waals surface area contributed by atoms with Gasteiger partial charge < -0.3 is 55.8 Å². The number of aliphatic hydroxyl groups excluding tert-OH is 2. The van der Waals surface area contributed by atoms with E-state index < -0.39 is 41.8 Å². The van der Waals surface area contributed by atoms with E-state index in [1.54, 1.807) is 66.5 Å². The van der Waals surface area contributed by atoms with Gasteiger partial charge in [-0.2, -0.15) is 67.5 Å². The van der Waals surface area contributed by atoms with Gasteiger partial charge in [0, 0.05) is 12.8 Å². The first-order valence-electron chi connectivity index (χ1n) is 48.9. The van der Waals surface area contributed by atoms with E-state index >= 15 is 0 Å². The van der Waals surface area contributed by atoms with Gasteiger partial charge in [0.25, 0.3) is 0 Å². The molecule has 12 aliphatic rings. The molecule has 12 aliphatic carbocycles. The van der Waals surface area contributed by atoms with Gasteiger partial charge >= 0.3 is 35.9 Å². The third kappa shape index (κ3) is 27.0. The predicted molar refractivity (Wildman–Crippen MR) is 539 cm³/mol. The molecule has 0 saturated heterocycles. The van der Waals surface area contributed by atoms with Crippen molar-refractivity contribution in [1.82, 2.24) is 5.32 Å². The number of amides is 1. The average molecular weight is 1870 g/mol. The summed E-state index contributed by atoms with van der Waals surface area (Å²) in [4.78, 5) is 71.4. The highest BCUT2D eigenvalue weighted by atomic mass is 32.1. The number of hydrogen-bond donors (Lipinski definition) is 6. The number of carboxylic acids is 1. The van der Waals surface area contributed by atoms with Crippen LogP contribution in [0.5, 0.6) is 0 Å². The SMILES string of the molecule is C.CC(C)C(=O)O.CC(C)C(=O)O[C@H]1CC[C@@]2(C)C(=CC[C@H]3[C@@H]4CC[C@H]([C@H](C)CCC(OC(=O)[C@H](C)NC(=O)OC(C)(C)C)C(C)C)[C@@]4(C)CC[C@@H]32)C1.CC(C)C(CC[C@@H](C)[C@H]1CC[C@H]2[C@@H]3CC=C4C[C@@H](OC(=O)[C@H](C)N)CC[C@]4(C)[C@H]3CC[C@]12C)OC(=O)[C@H](C)N.CC(C)C(O)CC[C@@H](C)[C@H]1CC[C@H]2[C@@H]3CC=C4C[C@@H](O)CC[C@]4(C)[C@H]3CC[C@]12C.S.S.S.S.S. The van der Waals surface area contributed by atoms with Gasteiger partial charge in [0.1, 0.15) is 48.1 Å². The van der Waals surface area contributed by atoms with E-state index in [1.165, 1.54) is 115 Å². The molecule has 1 amide bonds. The largest absolute Gasteiger partial charge is 0.481 e. The van der Waals surface area contributed by atoms with E-state index in [0.29, 0.717) is 51.2 Å². The van der Waals surface area contributed by atoms with E-state index in [-0.39, 0.29) is 158 Å². The van der Waals surface area contributed by atoms with E-state index in [4.69, 9.17) is 40.3 Å². The molecular formula is C104H189N3O14S5. The average Bonchev–Trinajstić information content (AvgIpc) is 1.45. The first-order valence-corrected chi connectivity index (χ1v) is 48.9. The molecule has 0 spiro atoms. The lowest BCUT2D eigenvalue weighted by molar-refractivity contribution is -0.155. The van der Waals surface area contributed by atoms with Crippen LogP contribution in [0.15, 0.2) is 34.9 Å². The fourth-order valence-corrected chi connectivity index (χ4v) is 27.9. The van der Waals surface area contributed by atoms with Crippen molar-refractivity contribution in [2.75, 3.05) is 0 Å². The summed E-state index contributed by atoms with van der Waals surface area (Å²) in [6.45, 7) is 53.1. The molecule has 12 rings (SSSR count). The summed E-state index contributed by atoms with van der Waals surface area (Å²) >= 11 is 0. The monoisotopic (exact) mass is 1860 g/mol. The highest BCUT2D eigenvalue weighted by molar-refractivity contribution is 7.60. The normalized spacial score (nSPS) is 35.7. The molecule has 30 atom stereocenters. The molecule has 0 aromatic heterocycles. The minimum atomic E-state index is -0.768. The number of nitrogens with one attached hydrogen (secondary N) is 1. The summed E-state index contributed by atoms with van der Waals surface area (Å²) in [6.07, 6.45) is 41.3. The molecule has 734 valence electrons. The lowest BCUT2D eigenvalue weighted by Crippen LogP contribution is -2.51. The second kappa shape index (κ2) is 48.8. The maximum absolute atomic E-state index is 12.9. The number of hydrogen-bond acceptors (Lipinski definition) is 15. The van der Waals surface area contributed by atoms with E-state index in [0.717, 1.165) is 154 Å². The van der Waals surface area contributed by atoms with Crippen LogP contribution in [0.1, 0.15) is 373 Å². The number of rotatable bonds is 25. The fraction of sp³-hybridized carbons (Fsp3) is 0.885. The quantitative estimate of drug-likeness (QED) is 0.0282. The van der Waals surface area contributed by atoms with Gasteiger partial charge in [0.15, 0.2) is 0 Å². The third-order valence-electron chi connectivity index (χ3n) is 35.4. The smallest absolute Gasteiger partial charge is 0.408 e. The molecule has 3 unspecified atom stereocenters. The van der Waals surface area contributed by atoms with Crippen molar-refractivity contribution in [2.45, 2.75) is 433 Å². The van der Waals surface area contributed by atoms with Crippen LogP contribution < -0.4 is 16.8 Å². The van der Waals surface area contributed by atoms with Gasteiger partial charge in [-0.25, -0.2) is 9.59 Å². The second-order valence-electron chi connectivity index (χ2n) is 46.0. The summed E-state index contributed by atoms with van der Waals surface area (Å²) in [6, 6.07) is -1.90. The van der Waals surface area contributed by atoms with Crippen molar-refractivity contribution in [2.24, 2.45) is 162 Å². The zero-order chi connectivity index (χ0) is 89.0. The van der Waals surface area contributed by atoms with Gasteiger partial charge in [-0.3, -0.25) is 19.2 Å². The first-order chi connectivity index (χ1) is 55.9. The number of carbonyl (C=O) groups is 6. The number of alkyl carbamates (subject to hydrolysis) is 1. The molecule has 0 bridgehead atoms. The zero-order valence-electron chi connectivity index (χ0n) is 82.7. The van der Waals surface area contributed by atoms with Crippen molar-refractivity contribution >= 4 is 103 Å². The van der Waals surface area contributed by atoms with Gasteiger partial charge in [-0.1, -0.05) is 174 Å². The zero-order valence-corrected chi connectivity index (χ0v) is 87.7. The Hall–Kier alpha value is -2.57. The Kier molecular flexibility index (Phi) is 45.5. The topological polar surface area (TPSA) is 273 Å². The molecule has 0 radical (unpaired) electrons. The van der Waals surface area contributed by atoms with Crippen LogP contribution in [0, 0.1) is 151 Å². The van der Waals surface area contributed by atoms with Crippen molar-refractivity contribution in [1.29, 1.82) is 0 Å². The number of esters is 4. The fourth-order valence-electron chi connectivity index (χ4n) is 27.9. The number of fused-ring (bicyclic) bond motifs is 15. The van der Waals surface area contributed by atoms with Crippen LogP contribution in [-0.4, -0.2) is 112 Å². The molecule has 22 heteroatoms. The highest BCUT2D eigenvalue weighted by Crippen LogP contribution is 2.71. The minimum Gasteiger partial charge on any atom is -0.481 e. The Morgan fingerprint density at radius 3 is 1.09 bits per heavy atom. The Bertz CT molecular complexity index is 3560. The van der Waals surface area contributed by atoms with Crippen molar-refractivity contribution in [3.05, 3.63) is 34.9 Å². The summed E-state index contributed by atoms with van der Waals surface area (Å²) < 4.78 is 28.7. The molecule has 17 nitrogen and oxygen atoms in total. The number of ether oxygens (including phenoxy) is 5. The molecule has 9 fully saturated rings. The Balaban J connectivity index is 0.000000469. The van der Waals surface area contributed by atoms with Crippen LogP contribution in [0.4, 0.5) is 4.79 Å². The van der Waals surface area contributed by atoms with Crippen LogP contribution in [0.3, 0.4) is 0 Å². The van der Waals surface area contributed by atoms with Gasteiger partial charge in [-0.15, -0.1) is 0 Å². The second-order valence-corrected chi connectivity index (χ2v) is 46.0. The molecule has 0 aromatic rings. The summed E-state index contributed by atoms with van der Waals surface area (Å²) in [7, 11) is 0. The van der Waals surface area contributed by atoms with Crippen molar-refractivity contribution in [3.63, 3.8) is 0 Å². The Labute approximate surface area is 801 Å². The molecule has 0 heterocycles. The summed E-state index contributed by atoms with van der Waals surface area (Å²) in [5, 5.41) is 31.1. The maximum atomic E-state index is 12.9. The molecule has 0 aromatic carbocycles. The summed E-state index contributed by atoms with van der Waals surface area (Å²) in [5.74, 6) is 9.99. The number of aliphatic hydroxyl groups is 2. The van der Waals surface area contributed by atoms with Crippen molar-refractivity contribution < 1.29 is 67.8 Å². The predicted octanol–water partition coefficient (Wildman–Crippen LogP) is 23.5. The van der Waals surface area contributed by atoms with E-state index in [2.05, 4.69) is 127 Å². The molecule has 126 heavy (non-hydrogen) atoms. The summed E-state index contributed by atoms with van der Waals surface area (Å²) in [5.41, 5.74) is 17.6. The molecule has 0 aliphatic heterocycles.